The topological polar surface area (TPSA) is 76.7 Å². The summed E-state index contributed by atoms with van der Waals surface area (Å²) in [5, 5.41) is 6.76. The van der Waals surface area contributed by atoms with Gasteiger partial charge in [-0.3, -0.25) is 20.3 Å². The lowest BCUT2D eigenvalue weighted by Crippen LogP contribution is -2.69. The number of likely N-dealkylation sites (N-methyl/N-ethyl adjacent to an activating group) is 3. The van der Waals surface area contributed by atoms with Crippen LogP contribution in [0.1, 0.15) is 0 Å². The fourth-order valence-electron chi connectivity index (χ4n) is 1.54. The van der Waals surface area contributed by atoms with Crippen LogP contribution in [0.25, 0.3) is 0 Å². The summed E-state index contributed by atoms with van der Waals surface area (Å²) in [6.07, 6.45) is 0. The summed E-state index contributed by atoms with van der Waals surface area (Å²) in [4.78, 5) is 24.4. The number of nitrogens with one attached hydrogen (secondary N) is 3. The van der Waals surface area contributed by atoms with Crippen molar-refractivity contribution in [3.8, 4) is 0 Å². The minimum atomic E-state index is -1.19. The van der Waals surface area contributed by atoms with Gasteiger partial charge in [0.2, 0.25) is 5.79 Å². The maximum absolute atomic E-state index is 11.8. The molecule has 0 saturated carbocycles. The molecule has 0 aliphatic carbocycles. The summed E-state index contributed by atoms with van der Waals surface area (Å²) in [6, 6.07) is -0.402. The Balaban J connectivity index is 3.14. The van der Waals surface area contributed by atoms with Crippen LogP contribution in [-0.2, 0) is 4.79 Å². The number of imide groups is 1. The number of rotatable bonds is 3. The van der Waals surface area contributed by atoms with Gasteiger partial charge in [0.15, 0.2) is 0 Å². The molecule has 1 fully saturated rings. The third-order valence-corrected chi connectivity index (χ3v) is 2.37. The molecule has 0 bridgehead atoms. The Morgan fingerprint density at radius 2 is 1.64 bits per heavy atom. The van der Waals surface area contributed by atoms with Crippen molar-refractivity contribution in [1.82, 2.24) is 26.0 Å². The van der Waals surface area contributed by atoms with E-state index in [2.05, 4.69) is 16.1 Å². The zero-order valence-electron chi connectivity index (χ0n) is 8.71. The predicted octanol–water partition coefficient (Wildman–Crippen LogP) is -1.89. The van der Waals surface area contributed by atoms with Crippen LogP contribution in [0.2, 0.25) is 0 Å². The number of carbonyl (C=O) groups excluding carboxylic acids is 2. The van der Waals surface area contributed by atoms with Gasteiger partial charge in [0.1, 0.15) is 0 Å². The van der Waals surface area contributed by atoms with Crippen LogP contribution in [0.5, 0.6) is 0 Å². The highest BCUT2D eigenvalue weighted by molar-refractivity contribution is 6.05. The Labute approximate surface area is 82.4 Å². The predicted molar refractivity (Wildman–Crippen MR) is 49.9 cm³/mol. The minimum Gasteiger partial charge on any atom is -0.276 e. The van der Waals surface area contributed by atoms with Gasteiger partial charge in [-0.1, -0.05) is 0 Å². The standard InChI is InChI=1S/C7H15N5O2/c1-8-7(9-2)5(13)11(4)6(14)12(7)10-3/h8-10H,1-4H3. The van der Waals surface area contributed by atoms with Crippen molar-refractivity contribution in [3.63, 3.8) is 0 Å². The average Bonchev–Trinajstić information content (AvgIpc) is 2.39. The van der Waals surface area contributed by atoms with Crippen LogP contribution < -0.4 is 16.1 Å². The average molecular weight is 201 g/mol. The number of carbonyl (C=O) groups is 2. The first-order chi connectivity index (χ1) is 6.55. The molecule has 0 atom stereocenters. The summed E-state index contributed by atoms with van der Waals surface area (Å²) in [7, 11) is 6.22. The Morgan fingerprint density at radius 1 is 1.14 bits per heavy atom. The highest BCUT2D eigenvalue weighted by Crippen LogP contribution is 2.19. The highest BCUT2D eigenvalue weighted by atomic mass is 16.2. The van der Waals surface area contributed by atoms with Gasteiger partial charge >= 0.3 is 6.03 Å². The Morgan fingerprint density at radius 3 is 1.93 bits per heavy atom. The summed E-state index contributed by atoms with van der Waals surface area (Å²) >= 11 is 0. The molecule has 14 heavy (non-hydrogen) atoms. The first-order valence-corrected chi connectivity index (χ1v) is 4.22. The number of hydrazine groups is 1. The van der Waals surface area contributed by atoms with Crippen molar-refractivity contribution < 1.29 is 9.59 Å². The van der Waals surface area contributed by atoms with Crippen molar-refractivity contribution in [1.29, 1.82) is 0 Å². The molecule has 3 N–H and O–H groups in total. The molecule has 3 amide bonds. The quantitative estimate of drug-likeness (QED) is 0.367. The van der Waals surface area contributed by atoms with Crippen LogP contribution >= 0.6 is 0 Å². The molecular weight excluding hydrogens is 186 g/mol. The van der Waals surface area contributed by atoms with E-state index in [9.17, 15) is 9.59 Å². The Kier molecular flexibility index (Phi) is 2.74. The van der Waals surface area contributed by atoms with Crippen LogP contribution in [0, 0.1) is 0 Å². The van der Waals surface area contributed by atoms with Gasteiger partial charge in [-0.05, 0) is 14.1 Å². The number of hydrogen-bond acceptors (Lipinski definition) is 5. The molecule has 1 aliphatic heterocycles. The van der Waals surface area contributed by atoms with Gasteiger partial charge in [-0.15, -0.1) is 0 Å². The molecule has 1 rings (SSSR count). The second-order valence-electron chi connectivity index (χ2n) is 2.92. The molecule has 0 spiro atoms. The van der Waals surface area contributed by atoms with Gasteiger partial charge in [0, 0.05) is 14.1 Å². The third kappa shape index (κ3) is 1.10. The fourth-order valence-corrected chi connectivity index (χ4v) is 1.54. The van der Waals surface area contributed by atoms with E-state index in [1.54, 1.807) is 21.1 Å². The van der Waals surface area contributed by atoms with Crippen molar-refractivity contribution >= 4 is 11.9 Å². The molecular formula is C7H15N5O2. The summed E-state index contributed by atoms with van der Waals surface area (Å²) < 4.78 is 0. The van der Waals surface area contributed by atoms with Crippen LogP contribution in [0.15, 0.2) is 0 Å². The van der Waals surface area contributed by atoms with Crippen LogP contribution in [-0.4, -0.2) is 55.8 Å². The lowest BCUT2D eigenvalue weighted by atomic mass is 10.3. The molecule has 0 unspecified atom stereocenters. The molecule has 7 heteroatoms. The number of hydrogen-bond donors (Lipinski definition) is 3. The third-order valence-electron chi connectivity index (χ3n) is 2.37. The number of urea groups is 1. The zero-order chi connectivity index (χ0) is 10.9. The maximum Gasteiger partial charge on any atom is 0.344 e. The summed E-state index contributed by atoms with van der Waals surface area (Å²) in [5.74, 6) is -1.54. The number of amides is 3. The molecule has 80 valence electrons. The smallest absolute Gasteiger partial charge is 0.276 e. The van der Waals surface area contributed by atoms with Crippen molar-refractivity contribution in [2.24, 2.45) is 0 Å². The van der Waals surface area contributed by atoms with E-state index in [0.717, 1.165) is 4.90 Å². The van der Waals surface area contributed by atoms with Gasteiger partial charge in [-0.2, -0.15) is 0 Å². The Hall–Kier alpha value is -1.18. The van der Waals surface area contributed by atoms with Crippen molar-refractivity contribution in [2.45, 2.75) is 5.79 Å². The summed E-state index contributed by atoms with van der Waals surface area (Å²) in [5.41, 5.74) is 2.66. The monoisotopic (exact) mass is 201 g/mol. The fraction of sp³-hybridized carbons (Fsp3) is 0.714. The molecule has 0 radical (unpaired) electrons. The molecule has 7 nitrogen and oxygen atoms in total. The first kappa shape index (κ1) is 10.9. The lowest BCUT2D eigenvalue weighted by molar-refractivity contribution is -0.136. The van der Waals surface area contributed by atoms with Gasteiger partial charge in [0.25, 0.3) is 5.91 Å². The van der Waals surface area contributed by atoms with Gasteiger partial charge in [-0.25, -0.2) is 15.2 Å². The molecule has 1 saturated heterocycles. The molecule has 0 aromatic rings. The van der Waals surface area contributed by atoms with E-state index in [1.807, 2.05) is 0 Å². The van der Waals surface area contributed by atoms with E-state index >= 15 is 0 Å². The second-order valence-corrected chi connectivity index (χ2v) is 2.92. The maximum atomic E-state index is 11.8. The summed E-state index contributed by atoms with van der Waals surface area (Å²) in [6.45, 7) is 0. The van der Waals surface area contributed by atoms with E-state index in [-0.39, 0.29) is 5.91 Å². The van der Waals surface area contributed by atoms with Gasteiger partial charge < -0.3 is 0 Å². The Bertz CT molecular complexity index is 263. The largest absolute Gasteiger partial charge is 0.344 e. The van der Waals surface area contributed by atoms with Gasteiger partial charge in [0.05, 0.1) is 0 Å². The van der Waals surface area contributed by atoms with E-state index < -0.39 is 11.8 Å². The van der Waals surface area contributed by atoms with E-state index in [4.69, 9.17) is 0 Å². The number of nitrogens with zero attached hydrogens (tertiary/aromatic N) is 2. The molecule has 0 aromatic heterocycles. The normalized spacial score (nSPS) is 20.9. The van der Waals surface area contributed by atoms with Crippen LogP contribution in [0.3, 0.4) is 0 Å². The molecule has 0 aromatic carbocycles. The second kappa shape index (κ2) is 3.52. The zero-order valence-corrected chi connectivity index (χ0v) is 8.71. The van der Waals surface area contributed by atoms with Crippen molar-refractivity contribution in [3.05, 3.63) is 0 Å². The molecule has 1 heterocycles. The van der Waals surface area contributed by atoms with E-state index in [1.165, 1.54) is 12.1 Å². The van der Waals surface area contributed by atoms with Crippen LogP contribution in [0.4, 0.5) is 4.79 Å². The highest BCUT2D eigenvalue weighted by Gasteiger charge is 2.54. The van der Waals surface area contributed by atoms with Crippen molar-refractivity contribution in [2.75, 3.05) is 28.2 Å². The minimum absolute atomic E-state index is 0.346. The first-order valence-electron chi connectivity index (χ1n) is 4.22. The molecule has 1 aliphatic rings. The SMILES string of the molecule is CNN1C(=O)N(C)C(=O)C1(NC)NC. The van der Waals surface area contributed by atoms with E-state index in [0.29, 0.717) is 0 Å². The lowest BCUT2D eigenvalue weighted by Gasteiger charge is -2.32.